The minimum Gasteiger partial charge on any atom is -0.396 e. The van der Waals surface area contributed by atoms with Crippen LogP contribution in [0.1, 0.15) is 93.4 Å². The van der Waals surface area contributed by atoms with Gasteiger partial charge in [0.1, 0.15) is 18.1 Å². The third-order valence-electron chi connectivity index (χ3n) is 8.82. The van der Waals surface area contributed by atoms with Crippen LogP contribution in [0.2, 0.25) is 0 Å². The van der Waals surface area contributed by atoms with Gasteiger partial charge in [0.05, 0.1) is 5.60 Å². The number of nitrogens with zero attached hydrogens (tertiary/aromatic N) is 4. The molecule has 6 N–H and O–H groups in total. The first kappa shape index (κ1) is 51.0. The molecule has 55 heavy (non-hydrogen) atoms. The number of aliphatic hydroxyl groups excluding tert-OH is 1. The molecule has 316 valence electrons. The monoisotopic (exact) mass is 802 g/mol. The lowest BCUT2D eigenvalue weighted by Crippen LogP contribution is -2.59. The minimum atomic E-state index is -1.51. The molecule has 0 saturated carbocycles. The molecule has 0 aromatic heterocycles. The maximum absolute atomic E-state index is 14.0. The quantitative estimate of drug-likeness (QED) is 0.0914. The van der Waals surface area contributed by atoms with E-state index in [0.29, 0.717) is 29.9 Å². The van der Waals surface area contributed by atoms with Gasteiger partial charge in [0.15, 0.2) is 5.37 Å². The normalized spacial score (nSPS) is 14.0. The van der Waals surface area contributed by atoms with Crippen molar-refractivity contribution >= 4 is 59.4 Å². The van der Waals surface area contributed by atoms with Crippen LogP contribution in [0.5, 0.6) is 0 Å². The molecule has 0 aliphatic carbocycles. The molecule has 18 nitrogen and oxygen atoms in total. The average Bonchev–Trinajstić information content (AvgIpc) is 3.11. The molecule has 0 rings (SSSR count). The van der Waals surface area contributed by atoms with Crippen LogP contribution < -0.4 is 21.3 Å². The van der Waals surface area contributed by atoms with E-state index in [1.54, 1.807) is 0 Å². The zero-order chi connectivity index (χ0) is 42.8. The number of nitrogens with one attached hydrogen (secondary N) is 4. The van der Waals surface area contributed by atoms with E-state index in [4.69, 9.17) is 0 Å². The highest BCUT2D eigenvalue weighted by molar-refractivity contribution is 8.00. The third kappa shape index (κ3) is 17.6. The van der Waals surface area contributed by atoms with Crippen LogP contribution in [0.3, 0.4) is 0 Å². The number of likely N-dealkylation sites (N-methyl/N-ethyl adjacent to an activating group) is 4. The zero-order valence-electron chi connectivity index (χ0n) is 34.7. The zero-order valence-corrected chi connectivity index (χ0v) is 35.5. The van der Waals surface area contributed by atoms with Crippen molar-refractivity contribution < 1.29 is 48.6 Å². The van der Waals surface area contributed by atoms with Gasteiger partial charge in [-0.15, -0.1) is 11.8 Å². The third-order valence-corrected chi connectivity index (χ3v) is 10.1. The SMILES string of the molecule is CCCC(=O)N(C)[C@H](SCC[C@H](CO)CCC)C(=O)N(C)[C@@H](CC(C)(C)O)C(=O)NC(=O)N(C)C(=O)NC(=O)N[C@@H](C)C(=O)N(C)[C@@H](CC(C)C)C(=O)NC. The number of imide groups is 3. The summed E-state index contributed by atoms with van der Waals surface area (Å²) in [5, 5.41) is 28.1. The van der Waals surface area contributed by atoms with Gasteiger partial charge in [-0.25, -0.2) is 19.3 Å². The van der Waals surface area contributed by atoms with Gasteiger partial charge in [-0.3, -0.25) is 34.6 Å². The van der Waals surface area contributed by atoms with E-state index in [1.165, 1.54) is 70.5 Å². The van der Waals surface area contributed by atoms with Gasteiger partial charge < -0.3 is 35.5 Å². The van der Waals surface area contributed by atoms with Crippen molar-refractivity contribution in [2.75, 3.05) is 47.6 Å². The molecular weight excluding hydrogens is 737 g/mol. The van der Waals surface area contributed by atoms with Gasteiger partial charge >= 0.3 is 18.1 Å². The topological polar surface area (TPSA) is 238 Å². The standard InChI is InChI=1S/C36H66N8O10S/c1-13-15-24(21-45)17-18-55-32(43(11)27(46)16-14-2)31(50)42(10)26(20-36(6,7)54)29(48)39-34(52)44(12)35(53)40-33(51)38-23(5)30(49)41(9)25(19-22(3)4)28(47)37-8/h22-26,32,45,54H,13-21H2,1-12H3,(H,37,47)(H,39,48,52)(H2,38,40,51,53)/t23-,24+,25-,26-,32+/m0/s1. The van der Waals surface area contributed by atoms with Crippen molar-refractivity contribution in [1.82, 2.24) is 40.9 Å². The van der Waals surface area contributed by atoms with Gasteiger partial charge in [-0.05, 0) is 64.0 Å². The Kier molecular flexibility index (Phi) is 22.8. The van der Waals surface area contributed by atoms with Crippen molar-refractivity contribution in [2.24, 2.45) is 11.8 Å². The molecule has 0 radical (unpaired) electrons. The molecule has 19 heteroatoms. The average molecular weight is 803 g/mol. The first-order valence-corrected chi connectivity index (χ1v) is 19.7. The van der Waals surface area contributed by atoms with Crippen LogP contribution in [0.15, 0.2) is 0 Å². The van der Waals surface area contributed by atoms with Gasteiger partial charge in [-0.2, -0.15) is 0 Å². The van der Waals surface area contributed by atoms with Crippen LogP contribution in [-0.2, 0) is 24.0 Å². The molecule has 0 aromatic rings. The lowest BCUT2D eigenvalue weighted by Gasteiger charge is -2.36. The fourth-order valence-electron chi connectivity index (χ4n) is 5.51. The summed E-state index contributed by atoms with van der Waals surface area (Å²) in [5.74, 6) is -2.48. The molecule has 0 unspecified atom stereocenters. The summed E-state index contributed by atoms with van der Waals surface area (Å²) in [6.07, 6.45) is 2.97. The van der Waals surface area contributed by atoms with E-state index in [2.05, 4.69) is 10.6 Å². The lowest BCUT2D eigenvalue weighted by atomic mass is 9.97. The number of rotatable bonds is 21. The Hall–Kier alpha value is -3.97. The second-order valence-electron chi connectivity index (χ2n) is 14.8. The van der Waals surface area contributed by atoms with Crippen molar-refractivity contribution in [3.8, 4) is 0 Å². The van der Waals surface area contributed by atoms with E-state index >= 15 is 0 Å². The summed E-state index contributed by atoms with van der Waals surface area (Å²) in [6.45, 7) is 11.7. The Morgan fingerprint density at radius 3 is 1.82 bits per heavy atom. The summed E-state index contributed by atoms with van der Waals surface area (Å²) in [7, 11) is 6.63. The largest absolute Gasteiger partial charge is 0.396 e. The first-order valence-electron chi connectivity index (χ1n) is 18.6. The van der Waals surface area contributed by atoms with E-state index in [1.807, 2.05) is 38.3 Å². The maximum Gasteiger partial charge on any atom is 0.333 e. The highest BCUT2D eigenvalue weighted by Gasteiger charge is 2.39. The van der Waals surface area contributed by atoms with E-state index in [0.717, 1.165) is 24.8 Å². The second kappa shape index (κ2) is 24.5. The predicted molar refractivity (Wildman–Crippen MR) is 209 cm³/mol. The molecule has 0 heterocycles. The maximum atomic E-state index is 14.0. The fourth-order valence-corrected chi connectivity index (χ4v) is 6.85. The Morgan fingerprint density at radius 1 is 0.764 bits per heavy atom. The van der Waals surface area contributed by atoms with Gasteiger partial charge in [0.2, 0.25) is 17.7 Å². The van der Waals surface area contributed by atoms with Crippen LogP contribution in [-0.4, -0.2) is 154 Å². The summed E-state index contributed by atoms with van der Waals surface area (Å²) in [5.41, 5.74) is -1.51. The van der Waals surface area contributed by atoms with Crippen LogP contribution in [0.4, 0.5) is 14.4 Å². The number of carbonyl (C=O) groups excluding carboxylic acids is 8. The second-order valence-corrected chi connectivity index (χ2v) is 16.0. The predicted octanol–water partition coefficient (Wildman–Crippen LogP) is 1.69. The number of hydrogen-bond donors (Lipinski definition) is 6. The number of amides is 11. The van der Waals surface area contributed by atoms with Crippen LogP contribution in [0.25, 0.3) is 0 Å². The molecule has 0 spiro atoms. The van der Waals surface area contributed by atoms with E-state index in [9.17, 15) is 48.6 Å². The number of thioether (sulfide) groups is 1. The molecule has 0 saturated heterocycles. The highest BCUT2D eigenvalue weighted by Crippen LogP contribution is 2.25. The van der Waals surface area contributed by atoms with E-state index in [-0.39, 0.29) is 43.1 Å². The molecule has 0 aliphatic rings. The highest BCUT2D eigenvalue weighted by atomic mass is 32.2. The number of aliphatic hydroxyl groups is 2. The van der Waals surface area contributed by atoms with Crippen molar-refractivity contribution in [3.63, 3.8) is 0 Å². The molecule has 0 fully saturated rings. The molecular formula is C36H66N8O10S. The Bertz CT molecular complexity index is 1330. The molecule has 0 aliphatic heterocycles. The molecule has 11 amide bonds. The lowest BCUT2D eigenvalue weighted by molar-refractivity contribution is -0.145. The Labute approximate surface area is 330 Å². The Morgan fingerprint density at radius 2 is 1.33 bits per heavy atom. The molecule has 0 bridgehead atoms. The first-order chi connectivity index (χ1) is 25.5. The number of carbonyl (C=O) groups is 8. The smallest absolute Gasteiger partial charge is 0.333 e. The Balaban J connectivity index is 5.93. The van der Waals surface area contributed by atoms with E-state index < -0.39 is 64.9 Å². The van der Waals surface area contributed by atoms with Crippen molar-refractivity contribution in [2.45, 2.75) is 123 Å². The molecule has 0 aromatic carbocycles. The van der Waals surface area contributed by atoms with Gasteiger partial charge in [0, 0.05) is 54.7 Å². The minimum absolute atomic E-state index is 0.0119. The van der Waals surface area contributed by atoms with Gasteiger partial charge in [-0.1, -0.05) is 34.1 Å². The molecule has 5 atom stereocenters. The van der Waals surface area contributed by atoms with Crippen LogP contribution in [0, 0.1) is 11.8 Å². The van der Waals surface area contributed by atoms with Gasteiger partial charge in [0.25, 0.3) is 11.8 Å². The van der Waals surface area contributed by atoms with Crippen LogP contribution >= 0.6 is 11.8 Å². The summed E-state index contributed by atoms with van der Waals surface area (Å²) < 4.78 is 0. The van der Waals surface area contributed by atoms with Crippen molar-refractivity contribution in [1.29, 1.82) is 0 Å². The summed E-state index contributed by atoms with van der Waals surface area (Å²) in [6, 6.07) is -7.11. The summed E-state index contributed by atoms with van der Waals surface area (Å²) in [4.78, 5) is 108. The summed E-state index contributed by atoms with van der Waals surface area (Å²) >= 11 is 1.18. The fraction of sp³-hybridized carbons (Fsp3) is 0.778. The number of urea groups is 3. The van der Waals surface area contributed by atoms with Crippen molar-refractivity contribution in [3.05, 3.63) is 0 Å². The number of hydrogen-bond acceptors (Lipinski definition) is 11.